The Morgan fingerprint density at radius 3 is 2.24 bits per heavy atom. The molecule has 0 radical (unpaired) electrons. The third-order valence-electron chi connectivity index (χ3n) is 3.27. The van der Waals surface area contributed by atoms with E-state index in [-0.39, 0.29) is 6.04 Å². The average Bonchev–Trinajstić information content (AvgIpc) is 3.20. The van der Waals surface area contributed by atoms with Crippen LogP contribution in [0.2, 0.25) is 0 Å². The van der Waals surface area contributed by atoms with E-state index < -0.39 is 0 Å². The van der Waals surface area contributed by atoms with Crippen LogP contribution in [0.25, 0.3) is 0 Å². The molecule has 0 aliphatic heterocycles. The first-order valence-corrected chi connectivity index (χ1v) is 7.50. The second-order valence-corrected chi connectivity index (χ2v) is 4.72. The van der Waals surface area contributed by atoms with Gasteiger partial charge in [-0.1, -0.05) is 52.9 Å². The van der Waals surface area contributed by atoms with Crippen molar-refractivity contribution in [1.82, 2.24) is 5.32 Å². The lowest BCUT2D eigenvalue weighted by Gasteiger charge is -2.14. The molecule has 102 valence electrons. The van der Waals surface area contributed by atoms with Crippen LogP contribution in [0.4, 0.5) is 0 Å². The van der Waals surface area contributed by atoms with Crippen molar-refractivity contribution in [3.05, 3.63) is 0 Å². The molecule has 0 spiro atoms. The Hall–Kier alpha value is -0.370. The van der Waals surface area contributed by atoms with Crippen LogP contribution in [0.1, 0.15) is 72.1 Å². The zero-order valence-electron chi connectivity index (χ0n) is 12.2. The molecule has 1 saturated carbocycles. The number of carbonyl (C=O) groups excluding carboxylic acids is 1. The standard InChI is InChI=1S/C13H25NO.C2H6/c1-3-4-5-6-7-8-12(14-2)13(15)11-9-10-11;1-2/h11-12,14H,3-10H2,1-2H3;1-2H3. The highest BCUT2D eigenvalue weighted by atomic mass is 16.1. The normalized spacial score (nSPS) is 16.0. The second kappa shape index (κ2) is 10.8. The Morgan fingerprint density at radius 1 is 1.18 bits per heavy atom. The lowest BCUT2D eigenvalue weighted by molar-refractivity contribution is -0.122. The lowest BCUT2D eigenvalue weighted by Crippen LogP contribution is -2.35. The summed E-state index contributed by atoms with van der Waals surface area (Å²) in [6.07, 6.45) is 9.73. The molecule has 0 saturated heterocycles. The quantitative estimate of drug-likeness (QED) is 0.619. The van der Waals surface area contributed by atoms with E-state index in [1.54, 1.807) is 0 Å². The van der Waals surface area contributed by atoms with Crippen LogP contribution in [-0.4, -0.2) is 18.9 Å². The number of hydrogen-bond acceptors (Lipinski definition) is 2. The Morgan fingerprint density at radius 2 is 1.76 bits per heavy atom. The van der Waals surface area contributed by atoms with Gasteiger partial charge in [0.05, 0.1) is 6.04 Å². The highest BCUT2D eigenvalue weighted by Crippen LogP contribution is 2.31. The summed E-state index contributed by atoms with van der Waals surface area (Å²) < 4.78 is 0. The van der Waals surface area contributed by atoms with Crippen molar-refractivity contribution in [1.29, 1.82) is 0 Å². The molecule has 0 aromatic rings. The summed E-state index contributed by atoms with van der Waals surface area (Å²) in [5, 5.41) is 3.16. The molecule has 1 rings (SSSR count). The molecule has 0 aromatic carbocycles. The maximum absolute atomic E-state index is 11.8. The van der Waals surface area contributed by atoms with E-state index in [2.05, 4.69) is 12.2 Å². The molecule has 1 aliphatic carbocycles. The van der Waals surface area contributed by atoms with E-state index in [9.17, 15) is 4.79 Å². The zero-order chi connectivity index (χ0) is 13.1. The van der Waals surface area contributed by atoms with E-state index in [4.69, 9.17) is 0 Å². The van der Waals surface area contributed by atoms with Crippen LogP contribution in [0.15, 0.2) is 0 Å². The SMILES string of the molecule is CC.CCCCCCCC(NC)C(=O)C1CC1. The lowest BCUT2D eigenvalue weighted by atomic mass is 10.0. The van der Waals surface area contributed by atoms with E-state index in [0.717, 1.165) is 19.3 Å². The van der Waals surface area contributed by atoms with Gasteiger partial charge in [0.1, 0.15) is 0 Å². The number of nitrogens with one attached hydrogen (secondary N) is 1. The third-order valence-corrected chi connectivity index (χ3v) is 3.27. The van der Waals surface area contributed by atoms with Crippen molar-refractivity contribution in [2.45, 2.75) is 78.2 Å². The molecule has 2 heteroatoms. The number of carbonyl (C=O) groups is 1. The number of likely N-dealkylation sites (N-methyl/N-ethyl adjacent to an activating group) is 1. The van der Waals surface area contributed by atoms with Gasteiger partial charge >= 0.3 is 0 Å². The smallest absolute Gasteiger partial charge is 0.152 e. The molecule has 1 N–H and O–H groups in total. The Balaban J connectivity index is 0.00000121. The maximum atomic E-state index is 11.8. The molecule has 1 fully saturated rings. The van der Waals surface area contributed by atoms with Crippen LogP contribution in [0.3, 0.4) is 0 Å². The molecular weight excluding hydrogens is 210 g/mol. The predicted octanol–water partition coefficient (Wildman–Crippen LogP) is 3.94. The minimum Gasteiger partial charge on any atom is -0.311 e. The van der Waals surface area contributed by atoms with E-state index in [1.807, 2.05) is 20.9 Å². The number of unbranched alkanes of at least 4 members (excludes halogenated alkanes) is 4. The first kappa shape index (κ1) is 16.6. The molecule has 0 bridgehead atoms. The summed E-state index contributed by atoms with van der Waals surface area (Å²) in [5.74, 6) is 0.867. The van der Waals surface area contributed by atoms with Gasteiger partial charge in [0, 0.05) is 5.92 Å². The Kier molecular flexibility index (Phi) is 10.5. The van der Waals surface area contributed by atoms with E-state index >= 15 is 0 Å². The van der Waals surface area contributed by atoms with Crippen LogP contribution in [0.5, 0.6) is 0 Å². The Bertz CT molecular complexity index is 187. The van der Waals surface area contributed by atoms with Crippen molar-refractivity contribution in [3.63, 3.8) is 0 Å². The van der Waals surface area contributed by atoms with Gasteiger partial charge in [-0.3, -0.25) is 4.79 Å². The van der Waals surface area contributed by atoms with Gasteiger partial charge in [-0.2, -0.15) is 0 Å². The van der Waals surface area contributed by atoms with Crippen LogP contribution in [0, 0.1) is 5.92 Å². The third kappa shape index (κ3) is 7.54. The van der Waals surface area contributed by atoms with Crippen molar-refractivity contribution >= 4 is 5.78 Å². The Labute approximate surface area is 108 Å². The number of Topliss-reactive ketones (excluding diaryl/α,β-unsaturated/α-hetero) is 1. The summed E-state index contributed by atoms with van der Waals surface area (Å²) in [7, 11) is 1.91. The molecule has 1 atom stereocenters. The topological polar surface area (TPSA) is 29.1 Å². The first-order valence-electron chi connectivity index (χ1n) is 7.50. The minimum absolute atomic E-state index is 0.138. The molecule has 0 heterocycles. The highest BCUT2D eigenvalue weighted by molar-refractivity contribution is 5.88. The van der Waals surface area contributed by atoms with Crippen LogP contribution >= 0.6 is 0 Å². The van der Waals surface area contributed by atoms with Gasteiger partial charge in [-0.15, -0.1) is 0 Å². The van der Waals surface area contributed by atoms with Gasteiger partial charge in [0.25, 0.3) is 0 Å². The average molecular weight is 241 g/mol. The predicted molar refractivity (Wildman–Crippen MR) is 75.3 cm³/mol. The molecular formula is C15H31NO. The van der Waals surface area contributed by atoms with Crippen molar-refractivity contribution < 1.29 is 4.79 Å². The molecule has 0 amide bonds. The van der Waals surface area contributed by atoms with Crippen molar-refractivity contribution in [2.75, 3.05) is 7.05 Å². The molecule has 1 aliphatic rings. The molecule has 1 unspecified atom stereocenters. The molecule has 2 nitrogen and oxygen atoms in total. The van der Waals surface area contributed by atoms with Crippen LogP contribution < -0.4 is 5.32 Å². The zero-order valence-corrected chi connectivity index (χ0v) is 12.2. The van der Waals surface area contributed by atoms with Gasteiger partial charge in [0.2, 0.25) is 0 Å². The molecule has 0 aromatic heterocycles. The van der Waals surface area contributed by atoms with Crippen molar-refractivity contribution in [2.24, 2.45) is 5.92 Å². The number of ketones is 1. The maximum Gasteiger partial charge on any atom is 0.152 e. The minimum atomic E-state index is 0.138. The van der Waals surface area contributed by atoms with Gasteiger partial charge in [-0.25, -0.2) is 0 Å². The number of rotatable bonds is 9. The fourth-order valence-corrected chi connectivity index (χ4v) is 2.03. The van der Waals surface area contributed by atoms with Gasteiger partial charge in [0.15, 0.2) is 5.78 Å². The van der Waals surface area contributed by atoms with Crippen molar-refractivity contribution in [3.8, 4) is 0 Å². The van der Waals surface area contributed by atoms with E-state index in [0.29, 0.717) is 11.7 Å². The second-order valence-electron chi connectivity index (χ2n) is 4.72. The highest BCUT2D eigenvalue weighted by Gasteiger charge is 2.33. The van der Waals surface area contributed by atoms with Crippen LogP contribution in [-0.2, 0) is 4.79 Å². The largest absolute Gasteiger partial charge is 0.311 e. The van der Waals surface area contributed by atoms with Gasteiger partial charge in [-0.05, 0) is 26.3 Å². The number of hydrogen-bond donors (Lipinski definition) is 1. The van der Waals surface area contributed by atoms with E-state index in [1.165, 1.54) is 32.1 Å². The summed E-state index contributed by atoms with van der Waals surface area (Å²) in [5.41, 5.74) is 0. The summed E-state index contributed by atoms with van der Waals surface area (Å²) in [6, 6.07) is 0.138. The van der Waals surface area contributed by atoms with Gasteiger partial charge < -0.3 is 5.32 Å². The summed E-state index contributed by atoms with van der Waals surface area (Å²) in [4.78, 5) is 11.8. The summed E-state index contributed by atoms with van der Waals surface area (Å²) in [6.45, 7) is 6.23. The monoisotopic (exact) mass is 241 g/mol. The fraction of sp³-hybridized carbons (Fsp3) is 0.933. The first-order chi connectivity index (χ1) is 8.29. The fourth-order valence-electron chi connectivity index (χ4n) is 2.03. The summed E-state index contributed by atoms with van der Waals surface area (Å²) >= 11 is 0. The molecule has 17 heavy (non-hydrogen) atoms.